The van der Waals surface area contributed by atoms with Gasteiger partial charge in [-0.3, -0.25) is 9.59 Å². The fraction of sp³-hybridized carbons (Fsp3) is 0.500. The smallest absolute Gasteiger partial charge is 0.323 e. The molecule has 0 bridgehead atoms. The Bertz CT molecular complexity index is 445. The molecule has 0 heterocycles. The fourth-order valence-electron chi connectivity index (χ4n) is 1.57. The van der Waals surface area contributed by atoms with Gasteiger partial charge in [-0.15, -0.1) is 0 Å². The molecule has 116 valence electrons. The molecule has 2 N–H and O–H groups in total. The van der Waals surface area contributed by atoms with Crippen molar-refractivity contribution in [3.63, 3.8) is 0 Å². The molecule has 1 atom stereocenters. The number of carbonyl (C=O) groups is 2. The van der Waals surface area contributed by atoms with E-state index in [-0.39, 0.29) is 13.0 Å². The SMILES string of the molecule is CC(C)CCOC(=O)CC(N)C(=O)OCc1ccccc1. The summed E-state index contributed by atoms with van der Waals surface area (Å²) in [5.41, 5.74) is 6.51. The van der Waals surface area contributed by atoms with Gasteiger partial charge in [0.1, 0.15) is 12.6 Å². The second-order valence-electron chi connectivity index (χ2n) is 5.31. The van der Waals surface area contributed by atoms with Gasteiger partial charge in [0.2, 0.25) is 0 Å². The van der Waals surface area contributed by atoms with E-state index in [1.807, 2.05) is 44.2 Å². The number of hydrogen-bond donors (Lipinski definition) is 1. The molecule has 5 nitrogen and oxygen atoms in total. The number of ether oxygens (including phenoxy) is 2. The molecule has 21 heavy (non-hydrogen) atoms. The molecule has 1 aromatic carbocycles. The van der Waals surface area contributed by atoms with Gasteiger partial charge in [-0.1, -0.05) is 44.2 Å². The zero-order valence-electron chi connectivity index (χ0n) is 12.6. The Hall–Kier alpha value is -1.88. The average Bonchev–Trinajstić information content (AvgIpc) is 2.45. The number of carbonyl (C=O) groups excluding carboxylic acids is 2. The van der Waals surface area contributed by atoms with Crippen LogP contribution in [0.15, 0.2) is 30.3 Å². The summed E-state index contributed by atoms with van der Waals surface area (Å²) >= 11 is 0. The molecule has 0 amide bonds. The van der Waals surface area contributed by atoms with Gasteiger partial charge < -0.3 is 15.2 Å². The average molecular weight is 293 g/mol. The monoisotopic (exact) mass is 293 g/mol. The maximum Gasteiger partial charge on any atom is 0.323 e. The standard InChI is InChI=1S/C16H23NO4/c1-12(2)8-9-20-15(18)10-14(17)16(19)21-11-13-6-4-3-5-7-13/h3-7,12,14H,8-11,17H2,1-2H3. The van der Waals surface area contributed by atoms with Crippen molar-refractivity contribution in [2.75, 3.05) is 6.61 Å². The van der Waals surface area contributed by atoms with Gasteiger partial charge in [0.25, 0.3) is 0 Å². The van der Waals surface area contributed by atoms with Crippen molar-refractivity contribution in [1.82, 2.24) is 0 Å². The molecule has 0 saturated heterocycles. The molecule has 1 unspecified atom stereocenters. The molecular weight excluding hydrogens is 270 g/mol. The quantitative estimate of drug-likeness (QED) is 0.742. The lowest BCUT2D eigenvalue weighted by Crippen LogP contribution is -2.35. The summed E-state index contributed by atoms with van der Waals surface area (Å²) in [5.74, 6) is -0.609. The van der Waals surface area contributed by atoms with Gasteiger partial charge in [-0.25, -0.2) is 0 Å². The highest BCUT2D eigenvalue weighted by atomic mass is 16.5. The normalized spacial score (nSPS) is 12.0. The maximum absolute atomic E-state index is 11.7. The Labute approximate surface area is 125 Å². The van der Waals surface area contributed by atoms with Crippen molar-refractivity contribution in [3.8, 4) is 0 Å². The maximum atomic E-state index is 11.7. The van der Waals surface area contributed by atoms with Crippen molar-refractivity contribution in [2.24, 2.45) is 11.7 Å². The first-order valence-corrected chi connectivity index (χ1v) is 7.10. The van der Waals surface area contributed by atoms with Gasteiger partial charge in [-0.05, 0) is 17.9 Å². The van der Waals surface area contributed by atoms with Crippen LogP contribution in [0, 0.1) is 5.92 Å². The predicted octanol–water partition coefficient (Wildman–Crippen LogP) is 2.04. The molecule has 0 aliphatic heterocycles. The molecule has 0 radical (unpaired) electrons. The molecule has 0 fully saturated rings. The van der Waals surface area contributed by atoms with Crippen LogP contribution in [0.3, 0.4) is 0 Å². The van der Waals surface area contributed by atoms with E-state index in [2.05, 4.69) is 0 Å². The van der Waals surface area contributed by atoms with E-state index in [9.17, 15) is 9.59 Å². The molecule has 0 aliphatic carbocycles. The highest BCUT2D eigenvalue weighted by molar-refractivity contribution is 5.82. The van der Waals surface area contributed by atoms with Crippen LogP contribution in [0.1, 0.15) is 32.3 Å². The highest BCUT2D eigenvalue weighted by Crippen LogP contribution is 2.04. The van der Waals surface area contributed by atoms with Crippen molar-refractivity contribution < 1.29 is 19.1 Å². The summed E-state index contributed by atoms with van der Waals surface area (Å²) < 4.78 is 10.1. The summed E-state index contributed by atoms with van der Waals surface area (Å²) in [7, 11) is 0. The van der Waals surface area contributed by atoms with Crippen molar-refractivity contribution in [3.05, 3.63) is 35.9 Å². The fourth-order valence-corrected chi connectivity index (χ4v) is 1.57. The van der Waals surface area contributed by atoms with Gasteiger partial charge >= 0.3 is 11.9 Å². The Morgan fingerprint density at radius 1 is 1.14 bits per heavy atom. The number of esters is 2. The summed E-state index contributed by atoms with van der Waals surface area (Å²) in [6, 6.07) is 8.30. The van der Waals surface area contributed by atoms with Gasteiger partial charge in [0.05, 0.1) is 13.0 Å². The summed E-state index contributed by atoms with van der Waals surface area (Å²) in [6.07, 6.45) is 0.630. The molecule has 0 saturated carbocycles. The van der Waals surface area contributed by atoms with E-state index < -0.39 is 18.0 Å². The Morgan fingerprint density at radius 2 is 1.81 bits per heavy atom. The zero-order valence-corrected chi connectivity index (χ0v) is 12.6. The summed E-state index contributed by atoms with van der Waals surface area (Å²) in [4.78, 5) is 23.2. The first kappa shape index (κ1) is 17.2. The first-order valence-electron chi connectivity index (χ1n) is 7.10. The first-order chi connectivity index (χ1) is 9.99. The number of benzene rings is 1. The second kappa shape index (κ2) is 9.13. The van der Waals surface area contributed by atoms with E-state index >= 15 is 0 Å². The lowest BCUT2D eigenvalue weighted by Gasteiger charge is -2.12. The lowest BCUT2D eigenvalue weighted by molar-refractivity contribution is -0.152. The third-order valence-electron chi connectivity index (χ3n) is 2.87. The van der Waals surface area contributed by atoms with Gasteiger partial charge in [0.15, 0.2) is 0 Å². The van der Waals surface area contributed by atoms with Crippen molar-refractivity contribution in [1.29, 1.82) is 0 Å². The third kappa shape index (κ3) is 7.46. The molecule has 0 spiro atoms. The Balaban J connectivity index is 2.25. The Kier molecular flexibility index (Phi) is 7.46. The predicted molar refractivity (Wildman–Crippen MR) is 79.2 cm³/mol. The van der Waals surface area contributed by atoms with Gasteiger partial charge in [0, 0.05) is 0 Å². The molecular formula is C16H23NO4. The number of rotatable bonds is 8. The van der Waals surface area contributed by atoms with E-state index in [0.29, 0.717) is 12.5 Å². The molecule has 1 aromatic rings. The van der Waals surface area contributed by atoms with Crippen molar-refractivity contribution in [2.45, 2.75) is 39.3 Å². The third-order valence-corrected chi connectivity index (χ3v) is 2.87. The minimum Gasteiger partial charge on any atom is -0.466 e. The largest absolute Gasteiger partial charge is 0.466 e. The van der Waals surface area contributed by atoms with Crippen molar-refractivity contribution >= 4 is 11.9 Å². The minimum absolute atomic E-state index is 0.149. The van der Waals surface area contributed by atoms with E-state index in [1.165, 1.54) is 0 Å². The minimum atomic E-state index is -0.986. The lowest BCUT2D eigenvalue weighted by atomic mass is 10.1. The summed E-state index contributed by atoms with van der Waals surface area (Å²) in [6.45, 7) is 4.58. The molecule has 0 aromatic heterocycles. The molecule has 0 aliphatic rings. The van der Waals surface area contributed by atoms with Crippen LogP contribution >= 0.6 is 0 Å². The van der Waals surface area contributed by atoms with Crippen LogP contribution in [0.2, 0.25) is 0 Å². The van der Waals surface area contributed by atoms with E-state index in [1.54, 1.807) is 0 Å². The Morgan fingerprint density at radius 3 is 2.43 bits per heavy atom. The molecule has 5 heteroatoms. The van der Waals surface area contributed by atoms with Crippen LogP contribution < -0.4 is 5.73 Å². The van der Waals surface area contributed by atoms with Crippen LogP contribution in [-0.4, -0.2) is 24.6 Å². The summed E-state index contributed by atoms with van der Waals surface area (Å²) in [5, 5.41) is 0. The van der Waals surface area contributed by atoms with Crippen LogP contribution in [0.25, 0.3) is 0 Å². The van der Waals surface area contributed by atoms with Crippen LogP contribution in [0.5, 0.6) is 0 Å². The number of hydrogen-bond acceptors (Lipinski definition) is 5. The van der Waals surface area contributed by atoms with E-state index in [4.69, 9.17) is 15.2 Å². The molecule has 1 rings (SSSR count). The van der Waals surface area contributed by atoms with E-state index in [0.717, 1.165) is 12.0 Å². The second-order valence-corrected chi connectivity index (χ2v) is 5.31. The zero-order chi connectivity index (χ0) is 15.7. The van der Waals surface area contributed by atoms with Crippen LogP contribution in [-0.2, 0) is 25.7 Å². The van der Waals surface area contributed by atoms with Gasteiger partial charge in [-0.2, -0.15) is 0 Å². The highest BCUT2D eigenvalue weighted by Gasteiger charge is 2.20. The van der Waals surface area contributed by atoms with Crippen LogP contribution in [0.4, 0.5) is 0 Å². The number of nitrogens with two attached hydrogens (primary N) is 1. The topological polar surface area (TPSA) is 78.6 Å².